The normalized spacial score (nSPS) is 16.6. The lowest BCUT2D eigenvalue weighted by molar-refractivity contribution is -0.145. The van der Waals surface area contributed by atoms with Crippen LogP contribution in [0.1, 0.15) is 29.8 Å². The molecule has 21 heavy (non-hydrogen) atoms. The summed E-state index contributed by atoms with van der Waals surface area (Å²) in [4.78, 5) is 17.5. The van der Waals surface area contributed by atoms with Crippen molar-refractivity contribution in [2.24, 2.45) is 0 Å². The first-order chi connectivity index (χ1) is 10.2. The highest BCUT2D eigenvalue weighted by Crippen LogP contribution is 2.39. The minimum atomic E-state index is -0.274. The number of carbonyl (C=O) groups excluding carboxylic acids is 1. The van der Waals surface area contributed by atoms with Crippen LogP contribution in [0, 0.1) is 5.82 Å². The van der Waals surface area contributed by atoms with Gasteiger partial charge in [0, 0.05) is 10.6 Å². The number of hydrogen-bond donors (Lipinski definition) is 1. The number of esters is 1. The number of aromatic nitrogens is 1. The van der Waals surface area contributed by atoms with E-state index in [0.717, 1.165) is 34.2 Å². The summed E-state index contributed by atoms with van der Waals surface area (Å²) in [6, 6.07) is 6.10. The van der Waals surface area contributed by atoms with Crippen molar-refractivity contribution in [2.75, 3.05) is 11.9 Å². The van der Waals surface area contributed by atoms with Crippen molar-refractivity contribution in [3.63, 3.8) is 0 Å². The fourth-order valence-electron chi connectivity index (χ4n) is 2.41. The van der Waals surface area contributed by atoms with Crippen LogP contribution >= 0.6 is 11.3 Å². The van der Waals surface area contributed by atoms with Gasteiger partial charge in [0.1, 0.15) is 11.7 Å². The quantitative estimate of drug-likeness (QED) is 0.877. The lowest BCUT2D eigenvalue weighted by Crippen LogP contribution is -2.14. The third-order valence-electron chi connectivity index (χ3n) is 3.38. The van der Waals surface area contributed by atoms with E-state index in [9.17, 15) is 9.18 Å². The first kappa shape index (κ1) is 14.0. The molecule has 3 rings (SSSR count). The summed E-state index contributed by atoms with van der Waals surface area (Å²) >= 11 is 1.54. The van der Waals surface area contributed by atoms with Crippen molar-refractivity contribution in [1.82, 2.24) is 4.98 Å². The zero-order valence-corrected chi connectivity index (χ0v) is 12.4. The highest BCUT2D eigenvalue weighted by atomic mass is 32.1. The van der Waals surface area contributed by atoms with E-state index in [1.807, 2.05) is 0 Å². The molecule has 1 atom stereocenters. The van der Waals surface area contributed by atoms with E-state index in [1.54, 1.807) is 19.1 Å². The van der Waals surface area contributed by atoms with E-state index in [1.165, 1.54) is 23.5 Å². The smallest absolute Gasteiger partial charge is 0.315 e. The van der Waals surface area contributed by atoms with Crippen LogP contribution in [0.5, 0.6) is 0 Å². The fraction of sp³-hybridized carbons (Fsp3) is 0.333. The zero-order chi connectivity index (χ0) is 14.8. The predicted molar refractivity (Wildman–Crippen MR) is 79.5 cm³/mol. The Morgan fingerprint density at radius 2 is 2.24 bits per heavy atom. The molecule has 110 valence electrons. The average molecular weight is 306 g/mol. The van der Waals surface area contributed by atoms with Crippen molar-refractivity contribution in [3.8, 4) is 0 Å². The molecule has 0 aliphatic heterocycles. The van der Waals surface area contributed by atoms with Gasteiger partial charge in [-0.1, -0.05) is 0 Å². The van der Waals surface area contributed by atoms with Gasteiger partial charge in [-0.3, -0.25) is 4.79 Å². The van der Waals surface area contributed by atoms with E-state index in [2.05, 4.69) is 10.3 Å². The molecule has 1 aromatic carbocycles. The molecule has 1 N–H and O–H groups in total. The molecule has 0 bridgehead atoms. The second kappa shape index (κ2) is 5.81. The van der Waals surface area contributed by atoms with Gasteiger partial charge in [0.25, 0.3) is 0 Å². The third-order valence-corrected chi connectivity index (χ3v) is 4.43. The Hall–Kier alpha value is -1.95. The van der Waals surface area contributed by atoms with Crippen LogP contribution in [-0.2, 0) is 16.0 Å². The fourth-order valence-corrected chi connectivity index (χ4v) is 3.47. The molecule has 0 saturated heterocycles. The van der Waals surface area contributed by atoms with E-state index < -0.39 is 0 Å². The van der Waals surface area contributed by atoms with Crippen LogP contribution < -0.4 is 5.32 Å². The van der Waals surface area contributed by atoms with Gasteiger partial charge in [-0.25, -0.2) is 9.37 Å². The highest BCUT2D eigenvalue weighted by molar-refractivity contribution is 7.15. The molecule has 2 aromatic rings. The summed E-state index contributed by atoms with van der Waals surface area (Å²) in [7, 11) is 0. The van der Waals surface area contributed by atoms with Gasteiger partial charge >= 0.3 is 5.97 Å². The Labute approximate surface area is 126 Å². The molecule has 0 amide bonds. The van der Waals surface area contributed by atoms with E-state index in [0.29, 0.717) is 6.61 Å². The summed E-state index contributed by atoms with van der Waals surface area (Å²) in [6.07, 6.45) is 1.62. The standard InChI is InChI=1S/C15H15FN2O2S/c1-2-20-14(19)11-7-8-12-13(11)18-15(21-12)17-10-5-3-9(16)4-6-10/h3-6,11H,2,7-8H2,1H3,(H,17,18). The molecule has 1 aliphatic carbocycles. The first-order valence-electron chi connectivity index (χ1n) is 6.86. The number of anilines is 2. The lowest BCUT2D eigenvalue weighted by atomic mass is 10.1. The number of benzene rings is 1. The number of nitrogens with one attached hydrogen (secondary N) is 1. The number of halogens is 1. The molecule has 1 unspecified atom stereocenters. The van der Waals surface area contributed by atoms with Crippen LogP contribution in [0.4, 0.5) is 15.2 Å². The molecular formula is C15H15FN2O2S. The number of thiazole rings is 1. The van der Waals surface area contributed by atoms with Crippen molar-refractivity contribution in [3.05, 3.63) is 40.7 Å². The Bertz CT molecular complexity index is 654. The van der Waals surface area contributed by atoms with Crippen molar-refractivity contribution in [1.29, 1.82) is 0 Å². The molecule has 4 nitrogen and oxygen atoms in total. The number of hydrogen-bond acceptors (Lipinski definition) is 5. The Morgan fingerprint density at radius 3 is 2.95 bits per heavy atom. The topological polar surface area (TPSA) is 51.2 Å². The van der Waals surface area contributed by atoms with Crippen molar-refractivity contribution < 1.29 is 13.9 Å². The maximum Gasteiger partial charge on any atom is 0.315 e. The second-order valence-corrected chi connectivity index (χ2v) is 5.89. The van der Waals surface area contributed by atoms with Gasteiger partial charge in [0.05, 0.1) is 12.3 Å². The Morgan fingerprint density at radius 1 is 1.48 bits per heavy atom. The summed E-state index contributed by atoms with van der Waals surface area (Å²) < 4.78 is 18.0. The van der Waals surface area contributed by atoms with E-state index in [4.69, 9.17) is 4.74 Å². The van der Waals surface area contributed by atoms with Gasteiger partial charge < -0.3 is 10.1 Å². The van der Waals surface area contributed by atoms with Crippen LogP contribution in [0.15, 0.2) is 24.3 Å². The molecule has 0 radical (unpaired) electrons. The first-order valence-corrected chi connectivity index (χ1v) is 7.68. The molecule has 0 spiro atoms. The minimum absolute atomic E-state index is 0.199. The zero-order valence-electron chi connectivity index (χ0n) is 11.6. The second-order valence-electron chi connectivity index (χ2n) is 4.80. The molecule has 0 saturated carbocycles. The Kier molecular flexibility index (Phi) is 3.88. The summed E-state index contributed by atoms with van der Waals surface area (Å²) in [5, 5.41) is 3.86. The van der Waals surface area contributed by atoms with Crippen molar-refractivity contribution in [2.45, 2.75) is 25.7 Å². The molecule has 1 heterocycles. The largest absolute Gasteiger partial charge is 0.465 e. The predicted octanol–water partition coefficient (Wildman–Crippen LogP) is 3.62. The average Bonchev–Trinajstić information content (AvgIpc) is 3.01. The monoisotopic (exact) mass is 306 g/mol. The minimum Gasteiger partial charge on any atom is -0.465 e. The maximum atomic E-state index is 12.9. The van der Waals surface area contributed by atoms with E-state index >= 15 is 0 Å². The molecular weight excluding hydrogens is 291 g/mol. The number of fused-ring (bicyclic) bond motifs is 1. The summed E-state index contributed by atoms with van der Waals surface area (Å²) in [6.45, 7) is 2.19. The van der Waals surface area contributed by atoms with Gasteiger partial charge in [-0.05, 0) is 44.0 Å². The van der Waals surface area contributed by atoms with Gasteiger partial charge in [-0.15, -0.1) is 11.3 Å². The number of ether oxygens (including phenoxy) is 1. The van der Waals surface area contributed by atoms with E-state index in [-0.39, 0.29) is 17.7 Å². The number of aryl methyl sites for hydroxylation is 1. The third kappa shape index (κ3) is 2.90. The summed E-state index contributed by atoms with van der Waals surface area (Å²) in [5.41, 5.74) is 1.60. The molecule has 0 fully saturated rings. The van der Waals surface area contributed by atoms with Crippen molar-refractivity contribution >= 4 is 28.1 Å². The maximum absolute atomic E-state index is 12.9. The van der Waals surface area contributed by atoms with Crippen LogP contribution in [0.3, 0.4) is 0 Å². The lowest BCUT2D eigenvalue weighted by Gasteiger charge is -2.08. The molecule has 1 aliphatic rings. The number of nitrogens with zero attached hydrogens (tertiary/aromatic N) is 1. The highest BCUT2D eigenvalue weighted by Gasteiger charge is 2.33. The number of carbonyl (C=O) groups is 1. The molecule has 1 aromatic heterocycles. The van der Waals surface area contributed by atoms with Crippen LogP contribution in [-0.4, -0.2) is 17.6 Å². The van der Waals surface area contributed by atoms with Crippen LogP contribution in [0.2, 0.25) is 0 Å². The van der Waals surface area contributed by atoms with Gasteiger partial charge in [0.2, 0.25) is 0 Å². The van der Waals surface area contributed by atoms with Gasteiger partial charge in [0.15, 0.2) is 5.13 Å². The van der Waals surface area contributed by atoms with Crippen LogP contribution in [0.25, 0.3) is 0 Å². The van der Waals surface area contributed by atoms with Gasteiger partial charge in [-0.2, -0.15) is 0 Å². The SMILES string of the molecule is CCOC(=O)C1CCc2sc(Nc3ccc(F)cc3)nc21. The Balaban J connectivity index is 1.77. The summed E-state index contributed by atoms with van der Waals surface area (Å²) in [5.74, 6) is -0.723. The molecule has 6 heteroatoms. The number of rotatable bonds is 4.